The summed E-state index contributed by atoms with van der Waals surface area (Å²) in [4.78, 5) is 4.53. The molecular formula is C15H19N3. The Balaban J connectivity index is 1.78. The average Bonchev–Trinajstić information content (AvgIpc) is 3.17. The second-order valence-electron chi connectivity index (χ2n) is 5.12. The molecule has 0 saturated heterocycles. The first-order valence-electron chi connectivity index (χ1n) is 6.60. The summed E-state index contributed by atoms with van der Waals surface area (Å²) in [5, 5.41) is 0. The van der Waals surface area contributed by atoms with Gasteiger partial charge in [-0.1, -0.05) is 30.3 Å². The molecule has 3 rings (SSSR count). The van der Waals surface area contributed by atoms with Crippen LogP contribution in [0, 0.1) is 0 Å². The maximum absolute atomic E-state index is 5.93. The number of nitrogens with zero attached hydrogens (tertiary/aromatic N) is 2. The number of hydrogen-bond acceptors (Lipinski definition) is 2. The van der Waals surface area contributed by atoms with Crippen molar-refractivity contribution in [1.29, 1.82) is 0 Å². The molecular weight excluding hydrogens is 222 g/mol. The van der Waals surface area contributed by atoms with E-state index in [2.05, 4.69) is 39.9 Å². The molecule has 1 heterocycles. The molecule has 0 bridgehead atoms. The molecule has 2 N–H and O–H groups in total. The van der Waals surface area contributed by atoms with Crippen LogP contribution in [0.1, 0.15) is 35.7 Å². The fourth-order valence-corrected chi connectivity index (χ4v) is 2.55. The van der Waals surface area contributed by atoms with Crippen LogP contribution in [0.5, 0.6) is 0 Å². The molecule has 94 valence electrons. The van der Waals surface area contributed by atoms with Gasteiger partial charge in [0.05, 0.1) is 5.69 Å². The Hall–Kier alpha value is -1.77. The third-order valence-electron chi connectivity index (χ3n) is 3.71. The van der Waals surface area contributed by atoms with Crippen LogP contribution < -0.4 is 5.73 Å². The van der Waals surface area contributed by atoms with E-state index < -0.39 is 0 Å². The van der Waals surface area contributed by atoms with Crippen molar-refractivity contribution in [2.45, 2.75) is 31.6 Å². The Morgan fingerprint density at radius 2 is 1.94 bits per heavy atom. The van der Waals surface area contributed by atoms with E-state index in [1.165, 1.54) is 29.8 Å². The molecule has 0 unspecified atom stereocenters. The fraction of sp³-hybridized carbons (Fsp3) is 0.400. The first-order chi connectivity index (χ1) is 8.75. The van der Waals surface area contributed by atoms with Crippen molar-refractivity contribution in [2.75, 3.05) is 5.73 Å². The zero-order valence-corrected chi connectivity index (χ0v) is 10.8. The number of aromatic nitrogens is 2. The summed E-state index contributed by atoms with van der Waals surface area (Å²) in [7, 11) is 2.03. The topological polar surface area (TPSA) is 43.8 Å². The maximum atomic E-state index is 5.93. The number of hydrogen-bond donors (Lipinski definition) is 1. The van der Waals surface area contributed by atoms with E-state index in [4.69, 9.17) is 5.73 Å². The molecule has 1 aromatic carbocycles. The highest BCUT2D eigenvalue weighted by Gasteiger charge is 2.30. The molecule has 3 nitrogen and oxygen atoms in total. The smallest absolute Gasteiger partial charge is 0.200 e. The van der Waals surface area contributed by atoms with Crippen LogP contribution in [0.3, 0.4) is 0 Å². The molecule has 0 atom stereocenters. The number of rotatable bonds is 4. The molecule has 0 amide bonds. The molecule has 0 radical (unpaired) electrons. The monoisotopic (exact) mass is 241 g/mol. The lowest BCUT2D eigenvalue weighted by atomic mass is 10.1. The van der Waals surface area contributed by atoms with Crippen molar-refractivity contribution in [3.05, 3.63) is 47.3 Å². The second-order valence-corrected chi connectivity index (χ2v) is 5.12. The van der Waals surface area contributed by atoms with Crippen molar-refractivity contribution < 1.29 is 0 Å². The van der Waals surface area contributed by atoms with Crippen molar-refractivity contribution in [3.63, 3.8) is 0 Å². The van der Waals surface area contributed by atoms with Crippen LogP contribution in [-0.2, 0) is 19.9 Å². The normalized spacial score (nSPS) is 14.9. The van der Waals surface area contributed by atoms with E-state index >= 15 is 0 Å². The van der Waals surface area contributed by atoms with Gasteiger partial charge < -0.3 is 10.3 Å². The van der Waals surface area contributed by atoms with Crippen LogP contribution >= 0.6 is 0 Å². The minimum absolute atomic E-state index is 0.653. The summed E-state index contributed by atoms with van der Waals surface area (Å²) in [6, 6.07) is 10.6. The van der Waals surface area contributed by atoms with Crippen LogP contribution in [-0.4, -0.2) is 9.55 Å². The standard InChI is InChI=1S/C15H19N3/c1-18-14(12-8-9-12)13(17-15(18)16)10-7-11-5-3-2-4-6-11/h2-6,12H,7-10H2,1H3,(H2,16,17). The van der Waals surface area contributed by atoms with Crippen molar-refractivity contribution in [3.8, 4) is 0 Å². The largest absolute Gasteiger partial charge is 0.369 e. The molecule has 0 spiro atoms. The Morgan fingerprint density at radius 1 is 1.22 bits per heavy atom. The zero-order chi connectivity index (χ0) is 12.5. The SMILES string of the molecule is Cn1c(N)nc(CCc2ccccc2)c1C1CC1. The number of anilines is 1. The summed E-state index contributed by atoms with van der Waals surface area (Å²) in [5.74, 6) is 1.35. The molecule has 3 heteroatoms. The fourth-order valence-electron chi connectivity index (χ4n) is 2.55. The third-order valence-corrected chi connectivity index (χ3v) is 3.71. The summed E-state index contributed by atoms with van der Waals surface area (Å²) < 4.78 is 2.07. The highest BCUT2D eigenvalue weighted by molar-refractivity contribution is 5.34. The van der Waals surface area contributed by atoms with Gasteiger partial charge in [-0.05, 0) is 31.2 Å². The molecule has 1 fully saturated rings. The Labute approximate surface area is 108 Å². The van der Waals surface area contributed by atoms with Gasteiger partial charge in [0.1, 0.15) is 0 Å². The van der Waals surface area contributed by atoms with E-state index in [0.29, 0.717) is 11.9 Å². The lowest BCUT2D eigenvalue weighted by Crippen LogP contribution is -2.01. The minimum atomic E-state index is 0.653. The molecule has 1 aliphatic carbocycles. The van der Waals surface area contributed by atoms with Crippen molar-refractivity contribution in [1.82, 2.24) is 9.55 Å². The Kier molecular flexibility index (Phi) is 2.82. The van der Waals surface area contributed by atoms with Gasteiger partial charge in [0.2, 0.25) is 0 Å². The number of nitrogens with two attached hydrogens (primary N) is 1. The van der Waals surface area contributed by atoms with Gasteiger partial charge >= 0.3 is 0 Å². The summed E-state index contributed by atoms with van der Waals surface area (Å²) in [6.45, 7) is 0. The van der Waals surface area contributed by atoms with Gasteiger partial charge in [-0.15, -0.1) is 0 Å². The predicted molar refractivity (Wildman–Crippen MR) is 73.4 cm³/mol. The first-order valence-corrected chi connectivity index (χ1v) is 6.60. The average molecular weight is 241 g/mol. The predicted octanol–water partition coefficient (Wildman–Crippen LogP) is 2.66. The third kappa shape index (κ3) is 2.13. The summed E-state index contributed by atoms with van der Waals surface area (Å²) in [6.07, 6.45) is 4.60. The summed E-state index contributed by atoms with van der Waals surface area (Å²) in [5.41, 5.74) is 9.85. The lowest BCUT2D eigenvalue weighted by molar-refractivity contribution is 0.813. The number of aryl methyl sites for hydroxylation is 2. The minimum Gasteiger partial charge on any atom is -0.369 e. The van der Waals surface area contributed by atoms with Crippen LogP contribution in [0.2, 0.25) is 0 Å². The maximum Gasteiger partial charge on any atom is 0.200 e. The highest BCUT2D eigenvalue weighted by atomic mass is 15.1. The van der Waals surface area contributed by atoms with Gasteiger partial charge in [0.15, 0.2) is 5.95 Å². The van der Waals surface area contributed by atoms with E-state index in [1.807, 2.05) is 7.05 Å². The summed E-state index contributed by atoms with van der Waals surface area (Å²) >= 11 is 0. The van der Waals surface area contributed by atoms with Gasteiger partial charge in [0.25, 0.3) is 0 Å². The van der Waals surface area contributed by atoms with Crippen molar-refractivity contribution >= 4 is 5.95 Å². The van der Waals surface area contributed by atoms with Crippen LogP contribution in [0.25, 0.3) is 0 Å². The van der Waals surface area contributed by atoms with E-state index in [9.17, 15) is 0 Å². The molecule has 1 saturated carbocycles. The first kappa shape index (κ1) is 11.3. The molecule has 0 aliphatic heterocycles. The van der Waals surface area contributed by atoms with Gasteiger partial charge in [-0.25, -0.2) is 4.98 Å². The van der Waals surface area contributed by atoms with E-state index in [1.54, 1.807) is 0 Å². The quantitative estimate of drug-likeness (QED) is 0.894. The second kappa shape index (κ2) is 4.48. The van der Waals surface area contributed by atoms with E-state index in [0.717, 1.165) is 12.8 Å². The molecule has 1 aromatic heterocycles. The number of benzene rings is 1. The highest BCUT2D eigenvalue weighted by Crippen LogP contribution is 2.42. The van der Waals surface area contributed by atoms with Crippen LogP contribution in [0.4, 0.5) is 5.95 Å². The van der Waals surface area contributed by atoms with E-state index in [-0.39, 0.29) is 0 Å². The zero-order valence-electron chi connectivity index (χ0n) is 10.8. The Morgan fingerprint density at radius 3 is 2.61 bits per heavy atom. The molecule has 2 aromatic rings. The van der Waals surface area contributed by atoms with Crippen molar-refractivity contribution in [2.24, 2.45) is 7.05 Å². The van der Waals surface area contributed by atoms with Gasteiger partial charge in [0, 0.05) is 18.7 Å². The Bertz CT molecular complexity index is 538. The van der Waals surface area contributed by atoms with Gasteiger partial charge in [-0.2, -0.15) is 0 Å². The lowest BCUT2D eigenvalue weighted by Gasteiger charge is -2.04. The molecule has 1 aliphatic rings. The number of nitrogen functional groups attached to an aromatic ring is 1. The van der Waals surface area contributed by atoms with Crippen LogP contribution in [0.15, 0.2) is 30.3 Å². The van der Waals surface area contributed by atoms with Gasteiger partial charge in [-0.3, -0.25) is 0 Å². The number of imidazole rings is 1. The molecule has 18 heavy (non-hydrogen) atoms.